The largest absolute Gasteiger partial charge is 0.465 e. The molecule has 4 aromatic rings. The van der Waals surface area contributed by atoms with Crippen molar-refractivity contribution in [2.75, 3.05) is 6.61 Å². The quantitative estimate of drug-likeness (QED) is 0.437. The Morgan fingerprint density at radius 3 is 2.75 bits per heavy atom. The lowest BCUT2D eigenvalue weighted by Crippen LogP contribution is -2.23. The summed E-state index contributed by atoms with van der Waals surface area (Å²) in [6, 6.07) is 9.62. The first-order valence-electron chi connectivity index (χ1n) is 9.53. The van der Waals surface area contributed by atoms with E-state index in [9.17, 15) is 18.0 Å². The minimum atomic E-state index is -3.92. The van der Waals surface area contributed by atoms with Crippen LogP contribution in [0.2, 0.25) is 0 Å². The predicted octanol–water partition coefficient (Wildman–Crippen LogP) is 1.61. The van der Waals surface area contributed by atoms with Gasteiger partial charge >= 0.3 is 5.97 Å². The highest BCUT2D eigenvalue weighted by Gasteiger charge is 2.19. The van der Waals surface area contributed by atoms with Crippen molar-refractivity contribution < 1.29 is 22.7 Å². The number of fused-ring (bicyclic) bond motifs is 2. The van der Waals surface area contributed by atoms with Crippen molar-refractivity contribution in [1.29, 1.82) is 0 Å². The maximum absolute atomic E-state index is 13.1. The third-order valence-corrected chi connectivity index (χ3v) is 6.63. The Bertz CT molecular complexity index is 1550. The van der Waals surface area contributed by atoms with Crippen molar-refractivity contribution in [2.24, 2.45) is 10.1 Å². The van der Waals surface area contributed by atoms with Gasteiger partial charge in [0.15, 0.2) is 4.80 Å². The van der Waals surface area contributed by atoms with Crippen molar-refractivity contribution in [2.45, 2.75) is 25.3 Å². The molecule has 12 heteroatoms. The highest BCUT2D eigenvalue weighted by atomic mass is 32.2. The van der Waals surface area contributed by atoms with E-state index in [1.165, 1.54) is 22.8 Å². The summed E-state index contributed by atoms with van der Waals surface area (Å²) in [7, 11) is -3.92. The third-order valence-electron chi connectivity index (χ3n) is 4.68. The molecule has 0 bridgehead atoms. The normalized spacial score (nSPS) is 12.5. The first-order valence-corrected chi connectivity index (χ1v) is 11.9. The number of nitrogens with two attached hydrogens (primary N) is 1. The number of pyridine rings is 1. The van der Waals surface area contributed by atoms with Crippen LogP contribution in [0, 0.1) is 6.92 Å². The number of aromatic nitrogens is 3. The number of carbonyl (C=O) groups is 2. The maximum Gasteiger partial charge on any atom is 0.326 e. The van der Waals surface area contributed by atoms with Crippen LogP contribution in [0.15, 0.2) is 52.5 Å². The van der Waals surface area contributed by atoms with Crippen LogP contribution in [-0.4, -0.2) is 40.9 Å². The van der Waals surface area contributed by atoms with Gasteiger partial charge in [0.25, 0.3) is 5.91 Å². The zero-order valence-electron chi connectivity index (χ0n) is 17.2. The van der Waals surface area contributed by atoms with Gasteiger partial charge in [-0.05, 0) is 44.2 Å². The number of ether oxygens (including phenoxy) is 1. The van der Waals surface area contributed by atoms with Crippen molar-refractivity contribution in [3.63, 3.8) is 0 Å². The Kier molecular flexibility index (Phi) is 5.67. The number of aryl methyl sites for hydroxylation is 1. The van der Waals surface area contributed by atoms with Crippen molar-refractivity contribution in [3.8, 4) is 0 Å². The van der Waals surface area contributed by atoms with E-state index >= 15 is 0 Å². The molecule has 0 unspecified atom stereocenters. The zero-order chi connectivity index (χ0) is 23.0. The molecule has 0 fully saturated rings. The standard InChI is InChI=1S/C20H19N5O5S2/c1-3-30-17(26)11-25-14-8-7-13(32(21,28)29)10-15(14)31-20(25)23-19(27)18-12(2)22-16-6-4-5-9-24(16)18/h4-10H,3,11H2,1-2H3,(H2,21,28,29). The summed E-state index contributed by atoms with van der Waals surface area (Å²) >= 11 is 1.07. The number of hydrogen-bond acceptors (Lipinski definition) is 7. The topological polar surface area (TPSA) is 138 Å². The summed E-state index contributed by atoms with van der Waals surface area (Å²) < 4.78 is 32.2. The fourth-order valence-electron chi connectivity index (χ4n) is 3.32. The SMILES string of the molecule is CCOC(=O)Cn1c(=NC(=O)c2c(C)nc3ccccn23)sc2cc(S(N)(=O)=O)ccc21. The van der Waals surface area contributed by atoms with E-state index in [0.29, 0.717) is 27.3 Å². The Labute approximate surface area is 186 Å². The molecule has 3 heterocycles. The second-order valence-corrected chi connectivity index (χ2v) is 9.41. The van der Waals surface area contributed by atoms with Gasteiger partial charge in [0.05, 0.1) is 27.4 Å². The molecular formula is C20H19N5O5S2. The number of benzene rings is 1. The molecule has 1 amide bonds. The fraction of sp³-hybridized carbons (Fsp3) is 0.200. The Morgan fingerprint density at radius 2 is 2.03 bits per heavy atom. The van der Waals surface area contributed by atoms with Crippen molar-refractivity contribution in [1.82, 2.24) is 14.0 Å². The molecule has 0 aliphatic heterocycles. The molecule has 0 aliphatic carbocycles. The predicted molar refractivity (Wildman–Crippen MR) is 118 cm³/mol. The average molecular weight is 474 g/mol. The van der Waals surface area contributed by atoms with Gasteiger partial charge in [-0.15, -0.1) is 0 Å². The van der Waals surface area contributed by atoms with E-state index in [4.69, 9.17) is 9.88 Å². The number of nitrogens with zero attached hydrogens (tertiary/aromatic N) is 4. The van der Waals surface area contributed by atoms with E-state index in [0.717, 1.165) is 11.3 Å². The molecular weight excluding hydrogens is 454 g/mol. The fourth-order valence-corrected chi connectivity index (χ4v) is 5.00. The first-order chi connectivity index (χ1) is 15.2. The number of hydrogen-bond donors (Lipinski definition) is 1. The van der Waals surface area contributed by atoms with Crippen LogP contribution in [0.1, 0.15) is 23.1 Å². The van der Waals surface area contributed by atoms with Crippen LogP contribution in [0.25, 0.3) is 15.9 Å². The van der Waals surface area contributed by atoms with E-state index in [2.05, 4.69) is 9.98 Å². The van der Waals surface area contributed by atoms with Gasteiger partial charge in [-0.2, -0.15) is 4.99 Å². The van der Waals surface area contributed by atoms with Gasteiger partial charge in [-0.25, -0.2) is 18.5 Å². The Morgan fingerprint density at radius 1 is 1.25 bits per heavy atom. The average Bonchev–Trinajstić information content (AvgIpc) is 3.23. The van der Waals surface area contributed by atoms with Crippen LogP contribution in [0.5, 0.6) is 0 Å². The van der Waals surface area contributed by atoms with Gasteiger partial charge in [-0.3, -0.25) is 14.0 Å². The number of rotatable bonds is 5. The number of thiazole rings is 1. The van der Waals surface area contributed by atoms with Gasteiger partial charge in [0.2, 0.25) is 10.0 Å². The first kappa shape index (κ1) is 21.9. The third kappa shape index (κ3) is 4.07. The monoisotopic (exact) mass is 473 g/mol. The summed E-state index contributed by atoms with van der Waals surface area (Å²) in [5.41, 5.74) is 1.94. The summed E-state index contributed by atoms with van der Waals surface area (Å²) in [5.74, 6) is -1.06. The molecule has 32 heavy (non-hydrogen) atoms. The lowest BCUT2D eigenvalue weighted by atomic mass is 10.3. The molecule has 0 aliphatic rings. The zero-order valence-corrected chi connectivity index (χ0v) is 18.8. The summed E-state index contributed by atoms with van der Waals surface area (Å²) in [4.78, 5) is 34.1. The second kappa shape index (κ2) is 8.30. The second-order valence-electron chi connectivity index (χ2n) is 6.84. The van der Waals surface area contributed by atoms with E-state index in [-0.39, 0.29) is 22.8 Å². The highest BCUT2D eigenvalue weighted by molar-refractivity contribution is 7.89. The Hall–Kier alpha value is -3.35. The molecule has 2 N–H and O–H groups in total. The van der Waals surface area contributed by atoms with Crippen LogP contribution in [0.3, 0.4) is 0 Å². The molecule has 0 saturated carbocycles. The minimum absolute atomic E-state index is 0.0787. The molecule has 10 nitrogen and oxygen atoms in total. The smallest absolute Gasteiger partial charge is 0.326 e. The van der Waals surface area contributed by atoms with Gasteiger partial charge < -0.3 is 9.30 Å². The number of amides is 1. The number of primary sulfonamides is 1. The summed E-state index contributed by atoms with van der Waals surface area (Å²) in [6.07, 6.45) is 1.72. The van der Waals surface area contributed by atoms with Gasteiger partial charge in [-0.1, -0.05) is 17.4 Å². The van der Waals surface area contributed by atoms with Crippen LogP contribution >= 0.6 is 11.3 Å². The molecule has 4 rings (SSSR count). The molecule has 0 atom stereocenters. The van der Waals surface area contributed by atoms with E-state index in [1.807, 2.05) is 6.07 Å². The van der Waals surface area contributed by atoms with Crippen LogP contribution in [0.4, 0.5) is 0 Å². The van der Waals surface area contributed by atoms with Crippen molar-refractivity contribution in [3.05, 3.63) is 58.8 Å². The summed E-state index contributed by atoms with van der Waals surface area (Å²) in [5, 5.41) is 5.24. The lowest BCUT2D eigenvalue weighted by molar-refractivity contribution is -0.143. The lowest BCUT2D eigenvalue weighted by Gasteiger charge is -2.05. The highest BCUT2D eigenvalue weighted by Crippen LogP contribution is 2.22. The van der Waals surface area contributed by atoms with Crippen LogP contribution in [-0.2, 0) is 26.1 Å². The summed E-state index contributed by atoms with van der Waals surface area (Å²) in [6.45, 7) is 3.41. The molecule has 1 aromatic carbocycles. The molecule has 0 saturated heterocycles. The van der Waals surface area contributed by atoms with Crippen LogP contribution < -0.4 is 9.94 Å². The molecule has 0 spiro atoms. The molecule has 0 radical (unpaired) electrons. The maximum atomic E-state index is 13.1. The molecule has 3 aromatic heterocycles. The van der Waals surface area contributed by atoms with Crippen molar-refractivity contribution >= 4 is 49.1 Å². The minimum Gasteiger partial charge on any atom is -0.465 e. The number of esters is 1. The molecule has 166 valence electrons. The Balaban J connectivity index is 1.91. The number of carbonyl (C=O) groups excluding carboxylic acids is 2. The van der Waals surface area contributed by atoms with E-state index in [1.54, 1.807) is 36.6 Å². The number of sulfonamides is 1. The number of imidazole rings is 1. The van der Waals surface area contributed by atoms with Gasteiger partial charge in [0.1, 0.15) is 17.9 Å². The van der Waals surface area contributed by atoms with Gasteiger partial charge in [0, 0.05) is 6.20 Å². The van der Waals surface area contributed by atoms with E-state index < -0.39 is 21.9 Å².